The third kappa shape index (κ3) is 5.29. The molecule has 2 N–H and O–H groups in total. The molecule has 1 aromatic carbocycles. The van der Waals surface area contributed by atoms with Gasteiger partial charge in [-0.15, -0.1) is 0 Å². The standard InChI is InChI=1S/C14H23FN2/c1-3-4-13(9-16)11-17(2)10-12-5-7-14(15)8-6-12/h5-8,13H,3-4,9-11,16H2,1-2H3. The van der Waals surface area contributed by atoms with Crippen molar-refractivity contribution < 1.29 is 4.39 Å². The summed E-state index contributed by atoms with van der Waals surface area (Å²) in [6.45, 7) is 4.77. The van der Waals surface area contributed by atoms with E-state index in [-0.39, 0.29) is 5.82 Å². The summed E-state index contributed by atoms with van der Waals surface area (Å²) in [6.07, 6.45) is 2.34. The van der Waals surface area contributed by atoms with Crippen molar-refractivity contribution in [3.05, 3.63) is 35.6 Å². The SMILES string of the molecule is CCCC(CN)CN(C)Cc1ccc(F)cc1. The zero-order valence-electron chi connectivity index (χ0n) is 10.8. The molecular formula is C14H23FN2. The van der Waals surface area contributed by atoms with Gasteiger partial charge < -0.3 is 10.6 Å². The molecule has 96 valence electrons. The average Bonchev–Trinajstić information content (AvgIpc) is 2.31. The Morgan fingerprint density at radius 1 is 1.29 bits per heavy atom. The number of hydrogen-bond donors (Lipinski definition) is 1. The predicted molar refractivity (Wildman–Crippen MR) is 70.2 cm³/mol. The molecule has 0 radical (unpaired) electrons. The molecular weight excluding hydrogens is 215 g/mol. The van der Waals surface area contributed by atoms with Crippen LogP contribution in [0.25, 0.3) is 0 Å². The lowest BCUT2D eigenvalue weighted by Crippen LogP contribution is -2.29. The van der Waals surface area contributed by atoms with Crippen LogP contribution in [0.2, 0.25) is 0 Å². The molecule has 3 heteroatoms. The van der Waals surface area contributed by atoms with Gasteiger partial charge in [-0.1, -0.05) is 25.5 Å². The quantitative estimate of drug-likeness (QED) is 0.791. The Morgan fingerprint density at radius 3 is 2.47 bits per heavy atom. The Labute approximate surface area is 104 Å². The molecule has 0 saturated carbocycles. The molecule has 1 atom stereocenters. The maximum absolute atomic E-state index is 12.8. The van der Waals surface area contributed by atoms with Crippen LogP contribution in [0.5, 0.6) is 0 Å². The molecule has 0 aliphatic rings. The van der Waals surface area contributed by atoms with Gasteiger partial charge in [0.25, 0.3) is 0 Å². The van der Waals surface area contributed by atoms with Crippen LogP contribution in [0, 0.1) is 11.7 Å². The van der Waals surface area contributed by atoms with Gasteiger partial charge in [0.05, 0.1) is 0 Å². The minimum Gasteiger partial charge on any atom is -0.330 e. The third-order valence-corrected chi connectivity index (χ3v) is 2.97. The second-order valence-electron chi connectivity index (χ2n) is 4.71. The van der Waals surface area contributed by atoms with E-state index >= 15 is 0 Å². The van der Waals surface area contributed by atoms with Gasteiger partial charge in [0.1, 0.15) is 5.82 Å². The highest BCUT2D eigenvalue weighted by atomic mass is 19.1. The maximum atomic E-state index is 12.8. The Morgan fingerprint density at radius 2 is 1.94 bits per heavy atom. The predicted octanol–water partition coefficient (Wildman–Crippen LogP) is 2.63. The van der Waals surface area contributed by atoms with Gasteiger partial charge >= 0.3 is 0 Å². The summed E-state index contributed by atoms with van der Waals surface area (Å²) in [6, 6.07) is 6.69. The molecule has 0 aromatic heterocycles. The van der Waals surface area contributed by atoms with Gasteiger partial charge in [-0.2, -0.15) is 0 Å². The summed E-state index contributed by atoms with van der Waals surface area (Å²) in [4.78, 5) is 2.25. The van der Waals surface area contributed by atoms with Gasteiger partial charge in [-0.05, 0) is 43.6 Å². The Balaban J connectivity index is 2.42. The van der Waals surface area contributed by atoms with E-state index in [0.717, 1.165) is 25.2 Å². The highest BCUT2D eigenvalue weighted by molar-refractivity contribution is 5.15. The third-order valence-electron chi connectivity index (χ3n) is 2.97. The van der Waals surface area contributed by atoms with E-state index in [4.69, 9.17) is 5.73 Å². The first-order valence-corrected chi connectivity index (χ1v) is 6.28. The second kappa shape index (κ2) is 7.41. The molecule has 1 aromatic rings. The Hall–Kier alpha value is -0.930. The summed E-state index contributed by atoms with van der Waals surface area (Å²) < 4.78 is 12.8. The lowest BCUT2D eigenvalue weighted by molar-refractivity contribution is 0.263. The number of halogens is 1. The first-order valence-electron chi connectivity index (χ1n) is 6.28. The van der Waals surface area contributed by atoms with E-state index in [1.807, 2.05) is 12.1 Å². The van der Waals surface area contributed by atoms with Gasteiger partial charge in [0.2, 0.25) is 0 Å². The number of hydrogen-bond acceptors (Lipinski definition) is 2. The lowest BCUT2D eigenvalue weighted by atomic mass is 10.0. The van der Waals surface area contributed by atoms with Crippen molar-refractivity contribution in [1.29, 1.82) is 0 Å². The van der Waals surface area contributed by atoms with Gasteiger partial charge in [0, 0.05) is 13.1 Å². The van der Waals surface area contributed by atoms with Gasteiger partial charge in [-0.3, -0.25) is 0 Å². The zero-order valence-corrected chi connectivity index (χ0v) is 10.8. The summed E-state index contributed by atoms with van der Waals surface area (Å²) in [5.41, 5.74) is 6.88. The van der Waals surface area contributed by atoms with Crippen molar-refractivity contribution in [3.63, 3.8) is 0 Å². The lowest BCUT2D eigenvalue weighted by Gasteiger charge is -2.22. The molecule has 2 nitrogen and oxygen atoms in total. The van der Waals surface area contributed by atoms with Crippen LogP contribution < -0.4 is 5.73 Å². The van der Waals surface area contributed by atoms with E-state index in [1.165, 1.54) is 25.0 Å². The van der Waals surface area contributed by atoms with Crippen molar-refractivity contribution in [2.45, 2.75) is 26.3 Å². The number of nitrogens with zero attached hydrogens (tertiary/aromatic N) is 1. The van der Waals surface area contributed by atoms with Crippen molar-refractivity contribution in [2.24, 2.45) is 11.7 Å². The molecule has 0 fully saturated rings. The summed E-state index contributed by atoms with van der Waals surface area (Å²) in [7, 11) is 2.08. The van der Waals surface area contributed by atoms with Crippen molar-refractivity contribution in [3.8, 4) is 0 Å². The van der Waals surface area contributed by atoms with Crippen LogP contribution in [-0.2, 0) is 6.54 Å². The first-order chi connectivity index (χ1) is 8.15. The normalized spacial score (nSPS) is 13.0. The van der Waals surface area contributed by atoms with E-state index in [0.29, 0.717) is 5.92 Å². The fraction of sp³-hybridized carbons (Fsp3) is 0.571. The molecule has 0 bridgehead atoms. The van der Waals surface area contributed by atoms with Crippen LogP contribution in [-0.4, -0.2) is 25.0 Å². The molecule has 17 heavy (non-hydrogen) atoms. The highest BCUT2D eigenvalue weighted by Gasteiger charge is 2.09. The maximum Gasteiger partial charge on any atom is 0.123 e. The molecule has 1 rings (SSSR count). The Kier molecular flexibility index (Phi) is 6.16. The molecule has 0 aliphatic heterocycles. The van der Waals surface area contributed by atoms with E-state index in [1.54, 1.807) is 0 Å². The molecule has 1 unspecified atom stereocenters. The highest BCUT2D eigenvalue weighted by Crippen LogP contribution is 2.10. The summed E-state index contributed by atoms with van der Waals surface area (Å²) in [5, 5.41) is 0. The summed E-state index contributed by atoms with van der Waals surface area (Å²) in [5.74, 6) is 0.382. The van der Waals surface area contributed by atoms with Crippen LogP contribution in [0.3, 0.4) is 0 Å². The summed E-state index contributed by atoms with van der Waals surface area (Å²) >= 11 is 0. The van der Waals surface area contributed by atoms with E-state index in [9.17, 15) is 4.39 Å². The molecule has 0 saturated heterocycles. The van der Waals surface area contributed by atoms with Gasteiger partial charge in [-0.25, -0.2) is 4.39 Å². The Bertz CT molecular complexity index is 311. The molecule has 0 heterocycles. The van der Waals surface area contributed by atoms with E-state index in [2.05, 4.69) is 18.9 Å². The number of rotatable bonds is 7. The second-order valence-corrected chi connectivity index (χ2v) is 4.71. The topological polar surface area (TPSA) is 29.3 Å². The minimum atomic E-state index is -0.178. The number of benzene rings is 1. The molecule has 0 aliphatic carbocycles. The van der Waals surface area contributed by atoms with E-state index < -0.39 is 0 Å². The van der Waals surface area contributed by atoms with Crippen molar-refractivity contribution >= 4 is 0 Å². The van der Waals surface area contributed by atoms with Crippen LogP contribution in [0.4, 0.5) is 4.39 Å². The van der Waals surface area contributed by atoms with Crippen LogP contribution in [0.15, 0.2) is 24.3 Å². The average molecular weight is 238 g/mol. The largest absolute Gasteiger partial charge is 0.330 e. The first kappa shape index (κ1) is 14.1. The van der Waals surface area contributed by atoms with Crippen LogP contribution >= 0.6 is 0 Å². The van der Waals surface area contributed by atoms with Gasteiger partial charge in [0.15, 0.2) is 0 Å². The number of nitrogens with two attached hydrogens (primary N) is 1. The fourth-order valence-electron chi connectivity index (χ4n) is 2.10. The smallest absolute Gasteiger partial charge is 0.123 e. The van der Waals surface area contributed by atoms with Crippen molar-refractivity contribution in [1.82, 2.24) is 4.90 Å². The zero-order chi connectivity index (χ0) is 12.7. The van der Waals surface area contributed by atoms with Crippen molar-refractivity contribution in [2.75, 3.05) is 20.1 Å². The minimum absolute atomic E-state index is 0.178. The monoisotopic (exact) mass is 238 g/mol. The van der Waals surface area contributed by atoms with Crippen LogP contribution in [0.1, 0.15) is 25.3 Å². The molecule has 0 spiro atoms. The molecule has 0 amide bonds. The fourth-order valence-corrected chi connectivity index (χ4v) is 2.10.